The second-order valence-electron chi connectivity index (χ2n) is 9.46. The van der Waals surface area contributed by atoms with Gasteiger partial charge in [-0.05, 0) is 44.1 Å². The van der Waals surface area contributed by atoms with Crippen molar-refractivity contribution in [2.45, 2.75) is 83.7 Å². The predicted octanol–water partition coefficient (Wildman–Crippen LogP) is 6.11. The fourth-order valence-electron chi connectivity index (χ4n) is 5.23. The monoisotopic (exact) mass is 379 g/mol. The highest BCUT2D eigenvalue weighted by Gasteiger charge is 2.38. The highest BCUT2D eigenvalue weighted by Crippen LogP contribution is 2.45. The van der Waals surface area contributed by atoms with Gasteiger partial charge in [0.25, 0.3) is 0 Å². The van der Waals surface area contributed by atoms with Gasteiger partial charge in [-0.1, -0.05) is 62.9 Å². The quantitative estimate of drug-likeness (QED) is 0.638. The van der Waals surface area contributed by atoms with Crippen LogP contribution >= 0.6 is 0 Å². The smallest absolute Gasteiger partial charge is 0.168 e. The Kier molecular flexibility index (Phi) is 5.07. The van der Waals surface area contributed by atoms with Gasteiger partial charge >= 0.3 is 0 Å². The minimum Gasteiger partial charge on any atom is -0.363 e. The second-order valence-corrected chi connectivity index (χ2v) is 9.46. The molecule has 2 aromatic rings. The van der Waals surface area contributed by atoms with Crippen LogP contribution < -0.4 is 5.32 Å². The van der Waals surface area contributed by atoms with E-state index < -0.39 is 0 Å². The van der Waals surface area contributed by atoms with E-state index in [9.17, 15) is 4.79 Å². The van der Waals surface area contributed by atoms with Crippen LogP contribution in [0, 0.1) is 5.41 Å². The molecule has 0 spiro atoms. The lowest BCUT2D eigenvalue weighted by molar-refractivity contribution is 0.0848. The predicted molar refractivity (Wildman–Crippen MR) is 114 cm³/mol. The molecule has 150 valence electrons. The van der Waals surface area contributed by atoms with Crippen molar-refractivity contribution < 1.29 is 4.79 Å². The van der Waals surface area contributed by atoms with Crippen molar-refractivity contribution in [1.82, 2.24) is 9.78 Å². The summed E-state index contributed by atoms with van der Waals surface area (Å²) in [6, 6.07) is 10.7. The van der Waals surface area contributed by atoms with Crippen LogP contribution in [0.1, 0.15) is 94.1 Å². The van der Waals surface area contributed by atoms with Crippen molar-refractivity contribution in [2.24, 2.45) is 5.41 Å². The average Bonchev–Trinajstić information content (AvgIpc) is 3.14. The van der Waals surface area contributed by atoms with Gasteiger partial charge in [0, 0.05) is 6.42 Å². The lowest BCUT2D eigenvalue weighted by atomic mass is 9.69. The van der Waals surface area contributed by atoms with Crippen LogP contribution in [0.3, 0.4) is 0 Å². The lowest BCUT2D eigenvalue weighted by Crippen LogP contribution is -2.38. The summed E-state index contributed by atoms with van der Waals surface area (Å²) >= 11 is 0. The number of nitrogens with one attached hydrogen (secondary N) is 1. The summed E-state index contributed by atoms with van der Waals surface area (Å²) in [4.78, 5) is 13.4. The molecule has 0 amide bonds. The lowest BCUT2D eigenvalue weighted by Gasteiger charge is -2.39. The van der Waals surface area contributed by atoms with Gasteiger partial charge in [0.1, 0.15) is 5.82 Å². The minimum absolute atomic E-state index is 0.132. The number of nitrogens with zero attached hydrogens (tertiary/aromatic N) is 2. The van der Waals surface area contributed by atoms with Crippen molar-refractivity contribution in [3.8, 4) is 0 Å². The summed E-state index contributed by atoms with van der Waals surface area (Å²) in [7, 11) is 0. The van der Waals surface area contributed by atoms with Gasteiger partial charge in [-0.3, -0.25) is 4.79 Å². The van der Waals surface area contributed by atoms with E-state index in [-0.39, 0.29) is 22.8 Å². The van der Waals surface area contributed by atoms with E-state index in [1.54, 1.807) is 6.20 Å². The van der Waals surface area contributed by atoms with Gasteiger partial charge in [-0.25, -0.2) is 4.68 Å². The van der Waals surface area contributed by atoms with Crippen molar-refractivity contribution in [3.63, 3.8) is 0 Å². The number of hydrogen-bond acceptors (Lipinski definition) is 3. The second kappa shape index (κ2) is 7.38. The van der Waals surface area contributed by atoms with Crippen LogP contribution in [-0.2, 0) is 5.54 Å². The number of benzene rings is 1. The Morgan fingerprint density at radius 1 is 1.18 bits per heavy atom. The van der Waals surface area contributed by atoms with Crippen LogP contribution in [0.15, 0.2) is 36.5 Å². The number of ketones is 1. The standard InChI is InChI=1S/C24H33N3O/c1-4-24(13-9-6-10-14-24)16-21(28)19-17-25-27-22(19)26-20(15-23(27,2)3)18-11-7-5-8-12-18/h5,7-8,11-12,17,20,26H,4,6,9-10,13-16H2,1-3H3. The molecule has 0 radical (unpaired) electrons. The molecule has 1 aliphatic carbocycles. The molecule has 0 bridgehead atoms. The summed E-state index contributed by atoms with van der Waals surface area (Å²) in [6.07, 6.45) is 10.7. The number of hydrogen-bond donors (Lipinski definition) is 1. The van der Waals surface area contributed by atoms with E-state index in [4.69, 9.17) is 0 Å². The van der Waals surface area contributed by atoms with Gasteiger partial charge < -0.3 is 5.32 Å². The van der Waals surface area contributed by atoms with Crippen molar-refractivity contribution in [2.75, 3.05) is 5.32 Å². The zero-order valence-corrected chi connectivity index (χ0v) is 17.5. The Hall–Kier alpha value is -2.10. The first-order chi connectivity index (χ1) is 13.4. The van der Waals surface area contributed by atoms with Gasteiger partial charge in [0.15, 0.2) is 5.78 Å². The highest BCUT2D eigenvalue weighted by atomic mass is 16.1. The SMILES string of the molecule is CCC1(CC(=O)c2cnn3c2NC(c2ccccc2)CC3(C)C)CCCCC1. The highest BCUT2D eigenvalue weighted by molar-refractivity contribution is 6.01. The fraction of sp³-hybridized carbons (Fsp3) is 0.583. The molecule has 4 rings (SSSR count). The molecule has 0 saturated heterocycles. The first-order valence-electron chi connectivity index (χ1n) is 10.9. The molecule has 28 heavy (non-hydrogen) atoms. The number of carbonyl (C=O) groups is 1. The maximum atomic E-state index is 13.4. The maximum Gasteiger partial charge on any atom is 0.168 e. The number of Topliss-reactive ketones (excluding diaryl/α,β-unsaturated/α-hetero) is 1. The van der Waals surface area contributed by atoms with E-state index >= 15 is 0 Å². The Morgan fingerprint density at radius 3 is 2.57 bits per heavy atom. The maximum absolute atomic E-state index is 13.4. The summed E-state index contributed by atoms with van der Waals surface area (Å²) in [5, 5.41) is 8.28. The molecule has 1 aromatic heterocycles. The molecule has 4 heteroatoms. The minimum atomic E-state index is -0.132. The van der Waals surface area contributed by atoms with Gasteiger partial charge in [0.2, 0.25) is 0 Å². The van der Waals surface area contributed by atoms with Crippen molar-refractivity contribution in [1.29, 1.82) is 0 Å². The van der Waals surface area contributed by atoms with Crippen LogP contribution in [-0.4, -0.2) is 15.6 Å². The molecule has 1 atom stereocenters. The zero-order chi connectivity index (χ0) is 19.8. The first kappa shape index (κ1) is 19.2. The third-order valence-corrected chi connectivity index (χ3v) is 7.06. The molecular weight excluding hydrogens is 346 g/mol. The molecule has 1 saturated carbocycles. The molecule has 2 heterocycles. The summed E-state index contributed by atoms with van der Waals surface area (Å²) in [6.45, 7) is 6.67. The number of fused-ring (bicyclic) bond motifs is 1. The van der Waals surface area contributed by atoms with Gasteiger partial charge in [-0.2, -0.15) is 5.10 Å². The molecule has 2 aliphatic rings. The molecule has 1 fully saturated rings. The van der Waals surface area contributed by atoms with Crippen molar-refractivity contribution >= 4 is 11.6 Å². The Labute approximate surface area is 168 Å². The summed E-state index contributed by atoms with van der Waals surface area (Å²) < 4.78 is 2.03. The number of carbonyl (C=O) groups excluding carboxylic acids is 1. The van der Waals surface area contributed by atoms with Crippen LogP contribution in [0.2, 0.25) is 0 Å². The summed E-state index contributed by atoms with van der Waals surface area (Å²) in [5.74, 6) is 1.15. The van der Waals surface area contributed by atoms with E-state index in [2.05, 4.69) is 55.5 Å². The van der Waals surface area contributed by atoms with E-state index in [1.165, 1.54) is 37.7 Å². The van der Waals surface area contributed by atoms with E-state index in [1.807, 2.05) is 10.7 Å². The average molecular weight is 380 g/mol. The van der Waals surface area contributed by atoms with Crippen LogP contribution in [0.25, 0.3) is 0 Å². The van der Waals surface area contributed by atoms with E-state index in [0.29, 0.717) is 6.42 Å². The molecule has 1 aromatic carbocycles. The third kappa shape index (κ3) is 3.49. The number of anilines is 1. The fourth-order valence-corrected chi connectivity index (χ4v) is 5.23. The Balaban J connectivity index is 1.63. The Bertz CT molecular complexity index is 831. The molecule has 4 nitrogen and oxygen atoms in total. The van der Waals surface area contributed by atoms with Crippen molar-refractivity contribution in [3.05, 3.63) is 47.7 Å². The largest absolute Gasteiger partial charge is 0.363 e. The topological polar surface area (TPSA) is 46.9 Å². The van der Waals surface area contributed by atoms with Gasteiger partial charge in [0.05, 0.1) is 23.3 Å². The molecular formula is C24H33N3O. The number of rotatable bonds is 5. The van der Waals surface area contributed by atoms with Crippen LogP contribution in [0.4, 0.5) is 5.82 Å². The zero-order valence-electron chi connectivity index (χ0n) is 17.5. The van der Waals surface area contributed by atoms with E-state index in [0.717, 1.165) is 24.2 Å². The first-order valence-corrected chi connectivity index (χ1v) is 10.9. The third-order valence-electron chi connectivity index (χ3n) is 7.06. The molecule has 1 aliphatic heterocycles. The Morgan fingerprint density at radius 2 is 1.89 bits per heavy atom. The molecule has 1 N–H and O–H groups in total. The normalized spacial score (nSPS) is 22.9. The number of aromatic nitrogens is 2. The van der Waals surface area contributed by atoms with Crippen LogP contribution in [0.5, 0.6) is 0 Å². The molecule has 1 unspecified atom stereocenters. The summed E-state index contributed by atoms with van der Waals surface area (Å²) in [5.41, 5.74) is 2.09. The van der Waals surface area contributed by atoms with Gasteiger partial charge in [-0.15, -0.1) is 0 Å².